The van der Waals surface area contributed by atoms with Gasteiger partial charge in [-0.3, -0.25) is 0 Å². The van der Waals surface area contributed by atoms with Gasteiger partial charge in [-0.1, -0.05) is 23.7 Å². The minimum Gasteiger partial charge on any atom is -0.461 e. The van der Waals surface area contributed by atoms with Crippen LogP contribution < -0.4 is 5.73 Å². The van der Waals surface area contributed by atoms with E-state index >= 15 is 0 Å². The summed E-state index contributed by atoms with van der Waals surface area (Å²) in [6, 6.07) is 11.9. The van der Waals surface area contributed by atoms with Crippen molar-refractivity contribution < 1.29 is 4.42 Å². The SMILES string of the molecule is N[C@@H]1C[C@H]1c1ccc(-c2ccccc2Cl)o1. The average molecular weight is 234 g/mol. The van der Waals surface area contributed by atoms with Crippen molar-refractivity contribution in [2.24, 2.45) is 5.73 Å². The van der Waals surface area contributed by atoms with Gasteiger partial charge in [0.15, 0.2) is 0 Å². The van der Waals surface area contributed by atoms with Gasteiger partial charge >= 0.3 is 0 Å². The Morgan fingerprint density at radius 2 is 1.94 bits per heavy atom. The third-order valence-corrected chi connectivity index (χ3v) is 3.30. The highest BCUT2D eigenvalue weighted by Gasteiger charge is 2.37. The maximum absolute atomic E-state index is 6.11. The summed E-state index contributed by atoms with van der Waals surface area (Å²) in [7, 11) is 0. The molecule has 0 spiro atoms. The van der Waals surface area contributed by atoms with Crippen molar-refractivity contribution in [2.75, 3.05) is 0 Å². The predicted octanol–water partition coefficient (Wildman–Crippen LogP) is 3.41. The van der Waals surface area contributed by atoms with Gasteiger partial charge in [0.05, 0.1) is 5.02 Å². The van der Waals surface area contributed by atoms with Gasteiger partial charge in [0.1, 0.15) is 11.5 Å². The zero-order valence-corrected chi connectivity index (χ0v) is 9.45. The minimum atomic E-state index is 0.269. The first-order valence-corrected chi connectivity index (χ1v) is 5.74. The van der Waals surface area contributed by atoms with E-state index in [1.807, 2.05) is 36.4 Å². The van der Waals surface area contributed by atoms with E-state index in [1.165, 1.54) is 0 Å². The number of rotatable bonds is 2. The fourth-order valence-electron chi connectivity index (χ4n) is 1.90. The molecule has 1 aromatic heterocycles. The van der Waals surface area contributed by atoms with Crippen molar-refractivity contribution in [1.29, 1.82) is 0 Å². The van der Waals surface area contributed by atoms with E-state index in [0.29, 0.717) is 10.9 Å². The second kappa shape index (κ2) is 3.65. The van der Waals surface area contributed by atoms with Gasteiger partial charge in [-0.25, -0.2) is 0 Å². The van der Waals surface area contributed by atoms with Crippen LogP contribution in [0.15, 0.2) is 40.8 Å². The fourth-order valence-corrected chi connectivity index (χ4v) is 2.13. The Morgan fingerprint density at radius 1 is 1.19 bits per heavy atom. The van der Waals surface area contributed by atoms with Crippen molar-refractivity contribution in [2.45, 2.75) is 18.4 Å². The molecular weight excluding hydrogens is 222 g/mol. The van der Waals surface area contributed by atoms with Gasteiger partial charge < -0.3 is 10.2 Å². The van der Waals surface area contributed by atoms with Gasteiger partial charge in [-0.2, -0.15) is 0 Å². The average Bonchev–Trinajstić information content (AvgIpc) is 2.82. The fraction of sp³-hybridized carbons (Fsp3) is 0.231. The van der Waals surface area contributed by atoms with E-state index in [0.717, 1.165) is 23.5 Å². The number of benzene rings is 1. The van der Waals surface area contributed by atoms with Crippen LogP contribution in [-0.4, -0.2) is 6.04 Å². The third-order valence-electron chi connectivity index (χ3n) is 2.97. The summed E-state index contributed by atoms with van der Waals surface area (Å²) in [5.74, 6) is 2.19. The number of furan rings is 1. The number of hydrogen-bond acceptors (Lipinski definition) is 2. The van der Waals surface area contributed by atoms with E-state index in [-0.39, 0.29) is 6.04 Å². The summed E-state index contributed by atoms with van der Waals surface area (Å²) >= 11 is 6.11. The first-order chi connectivity index (χ1) is 7.75. The summed E-state index contributed by atoms with van der Waals surface area (Å²) < 4.78 is 5.78. The van der Waals surface area contributed by atoms with E-state index < -0.39 is 0 Å². The number of halogens is 1. The molecule has 2 nitrogen and oxygen atoms in total. The van der Waals surface area contributed by atoms with E-state index in [9.17, 15) is 0 Å². The number of nitrogens with two attached hydrogens (primary N) is 1. The zero-order chi connectivity index (χ0) is 11.1. The summed E-state index contributed by atoms with van der Waals surface area (Å²) in [4.78, 5) is 0. The van der Waals surface area contributed by atoms with Crippen LogP contribution in [0.2, 0.25) is 5.02 Å². The monoisotopic (exact) mass is 233 g/mol. The minimum absolute atomic E-state index is 0.269. The summed E-state index contributed by atoms with van der Waals surface area (Å²) in [5, 5.41) is 0.712. The smallest absolute Gasteiger partial charge is 0.135 e. The molecule has 1 aliphatic rings. The lowest BCUT2D eigenvalue weighted by molar-refractivity contribution is 0.522. The molecule has 2 N–H and O–H groups in total. The Morgan fingerprint density at radius 3 is 2.62 bits per heavy atom. The molecule has 16 heavy (non-hydrogen) atoms. The summed E-state index contributed by atoms with van der Waals surface area (Å²) in [6.07, 6.45) is 1.02. The molecule has 1 heterocycles. The molecule has 0 aliphatic heterocycles. The molecule has 0 bridgehead atoms. The van der Waals surface area contributed by atoms with Crippen molar-refractivity contribution >= 4 is 11.6 Å². The quantitative estimate of drug-likeness (QED) is 0.863. The molecule has 2 aromatic rings. The van der Waals surface area contributed by atoms with Crippen LogP contribution >= 0.6 is 11.6 Å². The van der Waals surface area contributed by atoms with Gasteiger partial charge in [-0.15, -0.1) is 0 Å². The maximum Gasteiger partial charge on any atom is 0.135 e. The second-order valence-corrected chi connectivity index (χ2v) is 4.60. The predicted molar refractivity (Wildman–Crippen MR) is 64.5 cm³/mol. The van der Waals surface area contributed by atoms with Crippen LogP contribution in [0.5, 0.6) is 0 Å². The largest absolute Gasteiger partial charge is 0.461 e. The molecule has 3 heteroatoms. The Bertz CT molecular complexity index is 520. The molecule has 3 rings (SSSR count). The molecule has 0 saturated heterocycles. The molecule has 82 valence electrons. The molecular formula is C13H12ClNO. The summed E-state index contributed by atoms with van der Waals surface area (Å²) in [6.45, 7) is 0. The Labute approximate surface area is 99.0 Å². The van der Waals surface area contributed by atoms with Crippen LogP contribution in [0.1, 0.15) is 18.1 Å². The Hall–Kier alpha value is -1.25. The van der Waals surface area contributed by atoms with Crippen LogP contribution in [0.4, 0.5) is 0 Å². The zero-order valence-electron chi connectivity index (χ0n) is 8.69. The van der Waals surface area contributed by atoms with E-state index in [1.54, 1.807) is 0 Å². The topological polar surface area (TPSA) is 39.2 Å². The highest BCUT2D eigenvalue weighted by Crippen LogP contribution is 2.41. The van der Waals surface area contributed by atoms with Gasteiger partial charge in [0.25, 0.3) is 0 Å². The molecule has 0 amide bonds. The molecule has 1 fully saturated rings. The van der Waals surface area contributed by atoms with E-state index in [2.05, 4.69) is 0 Å². The normalized spacial score (nSPS) is 23.4. The maximum atomic E-state index is 6.11. The van der Waals surface area contributed by atoms with Gasteiger partial charge in [-0.05, 0) is 30.7 Å². The lowest BCUT2D eigenvalue weighted by Gasteiger charge is -1.99. The molecule has 1 saturated carbocycles. The van der Waals surface area contributed by atoms with E-state index in [4.69, 9.17) is 21.8 Å². The third kappa shape index (κ3) is 1.64. The summed E-state index contributed by atoms with van der Waals surface area (Å²) in [5.41, 5.74) is 6.73. The standard InChI is InChI=1S/C13H12ClNO/c14-10-4-2-1-3-8(10)12-5-6-13(16-12)9-7-11(9)15/h1-6,9,11H,7,15H2/t9-,11-/m1/s1. The van der Waals surface area contributed by atoms with Gasteiger partial charge in [0, 0.05) is 17.5 Å². The Balaban J connectivity index is 1.95. The van der Waals surface area contributed by atoms with Crippen LogP contribution in [-0.2, 0) is 0 Å². The molecule has 0 unspecified atom stereocenters. The second-order valence-electron chi connectivity index (χ2n) is 4.19. The lowest BCUT2D eigenvalue weighted by atomic mass is 10.2. The number of hydrogen-bond donors (Lipinski definition) is 1. The van der Waals surface area contributed by atoms with Crippen molar-refractivity contribution in [1.82, 2.24) is 0 Å². The first kappa shape index (κ1) is 9.94. The molecule has 1 aliphatic carbocycles. The first-order valence-electron chi connectivity index (χ1n) is 5.36. The van der Waals surface area contributed by atoms with Crippen molar-refractivity contribution in [3.05, 3.63) is 47.2 Å². The van der Waals surface area contributed by atoms with Gasteiger partial charge in [0.2, 0.25) is 0 Å². The lowest BCUT2D eigenvalue weighted by Crippen LogP contribution is -2.00. The van der Waals surface area contributed by atoms with Crippen LogP contribution in [0, 0.1) is 0 Å². The van der Waals surface area contributed by atoms with Crippen LogP contribution in [0.25, 0.3) is 11.3 Å². The molecule has 1 aromatic carbocycles. The highest BCUT2D eigenvalue weighted by atomic mass is 35.5. The Kier molecular flexibility index (Phi) is 2.27. The highest BCUT2D eigenvalue weighted by molar-refractivity contribution is 6.33. The molecule has 0 radical (unpaired) electrons. The van der Waals surface area contributed by atoms with Crippen molar-refractivity contribution in [3.8, 4) is 11.3 Å². The van der Waals surface area contributed by atoms with Crippen LogP contribution in [0.3, 0.4) is 0 Å². The van der Waals surface area contributed by atoms with Crippen molar-refractivity contribution in [3.63, 3.8) is 0 Å². The molecule has 2 atom stereocenters.